The SMILES string of the molecule is O=C(c1ccc(Oc2ccccc2)o1)N1CCCn2nc([C@@H](O)CO)cc2C1. The van der Waals surface area contributed by atoms with E-state index in [1.807, 2.05) is 18.2 Å². The zero-order valence-corrected chi connectivity index (χ0v) is 15.2. The molecule has 3 heterocycles. The molecule has 0 saturated carbocycles. The first-order valence-electron chi connectivity index (χ1n) is 9.11. The van der Waals surface area contributed by atoms with Crippen LogP contribution in [0.3, 0.4) is 0 Å². The largest absolute Gasteiger partial charge is 0.426 e. The number of ether oxygens (including phenoxy) is 1. The molecule has 0 aliphatic carbocycles. The van der Waals surface area contributed by atoms with Crippen LogP contribution in [0.15, 0.2) is 52.9 Å². The number of nitrogens with zero attached hydrogens (tertiary/aromatic N) is 3. The molecule has 1 aromatic carbocycles. The third kappa shape index (κ3) is 3.78. The molecule has 146 valence electrons. The Balaban J connectivity index is 1.48. The van der Waals surface area contributed by atoms with Gasteiger partial charge in [0.2, 0.25) is 0 Å². The Kier molecular flexibility index (Phi) is 5.14. The minimum Gasteiger partial charge on any atom is -0.426 e. The van der Waals surface area contributed by atoms with Crippen LogP contribution < -0.4 is 4.74 Å². The number of rotatable bonds is 5. The second-order valence-corrected chi connectivity index (χ2v) is 6.60. The first kappa shape index (κ1) is 18.3. The van der Waals surface area contributed by atoms with Gasteiger partial charge in [-0.25, -0.2) is 0 Å². The molecular weight excluding hydrogens is 362 g/mol. The van der Waals surface area contributed by atoms with Gasteiger partial charge in [-0.2, -0.15) is 5.10 Å². The van der Waals surface area contributed by atoms with Crippen LogP contribution in [0.4, 0.5) is 0 Å². The van der Waals surface area contributed by atoms with Crippen LogP contribution in [0, 0.1) is 0 Å². The highest BCUT2D eigenvalue weighted by atomic mass is 16.6. The van der Waals surface area contributed by atoms with E-state index in [-0.39, 0.29) is 17.6 Å². The fourth-order valence-electron chi connectivity index (χ4n) is 3.16. The second-order valence-electron chi connectivity index (χ2n) is 6.60. The van der Waals surface area contributed by atoms with E-state index in [0.29, 0.717) is 31.1 Å². The van der Waals surface area contributed by atoms with Crippen LogP contribution in [-0.4, -0.2) is 44.0 Å². The van der Waals surface area contributed by atoms with Crippen LogP contribution in [-0.2, 0) is 13.1 Å². The second kappa shape index (κ2) is 7.87. The number of hydrogen-bond donors (Lipinski definition) is 2. The molecular formula is C20H21N3O5. The Morgan fingerprint density at radius 3 is 2.82 bits per heavy atom. The van der Waals surface area contributed by atoms with Crippen LogP contribution in [0.5, 0.6) is 11.7 Å². The minimum atomic E-state index is -1.02. The van der Waals surface area contributed by atoms with Crippen LogP contribution in [0.2, 0.25) is 0 Å². The minimum absolute atomic E-state index is 0.203. The summed E-state index contributed by atoms with van der Waals surface area (Å²) in [5.74, 6) is 0.851. The number of para-hydroxylation sites is 1. The molecule has 0 unspecified atom stereocenters. The zero-order chi connectivity index (χ0) is 19.5. The lowest BCUT2D eigenvalue weighted by Gasteiger charge is -2.18. The third-order valence-electron chi connectivity index (χ3n) is 4.59. The lowest BCUT2D eigenvalue weighted by Crippen LogP contribution is -2.30. The van der Waals surface area contributed by atoms with Gasteiger partial charge in [-0.05, 0) is 30.7 Å². The maximum absolute atomic E-state index is 12.9. The number of aromatic nitrogens is 2. The van der Waals surface area contributed by atoms with Gasteiger partial charge in [0.05, 0.1) is 24.5 Å². The summed E-state index contributed by atoms with van der Waals surface area (Å²) in [5.41, 5.74) is 1.21. The van der Waals surface area contributed by atoms with E-state index >= 15 is 0 Å². The van der Waals surface area contributed by atoms with Crippen molar-refractivity contribution >= 4 is 5.91 Å². The van der Waals surface area contributed by atoms with Gasteiger partial charge >= 0.3 is 0 Å². The van der Waals surface area contributed by atoms with Crippen molar-refractivity contribution in [3.8, 4) is 11.7 Å². The number of furan rings is 1. The van der Waals surface area contributed by atoms with Crippen molar-refractivity contribution in [2.24, 2.45) is 0 Å². The number of carbonyl (C=O) groups is 1. The molecule has 0 radical (unpaired) electrons. The molecule has 1 aliphatic heterocycles. The molecule has 0 spiro atoms. The van der Waals surface area contributed by atoms with E-state index in [9.17, 15) is 9.90 Å². The summed E-state index contributed by atoms with van der Waals surface area (Å²) in [6.07, 6.45) is -0.297. The van der Waals surface area contributed by atoms with Crippen molar-refractivity contribution in [2.75, 3.05) is 13.2 Å². The Labute approximate surface area is 161 Å². The molecule has 1 amide bonds. The van der Waals surface area contributed by atoms with E-state index < -0.39 is 12.7 Å². The lowest BCUT2D eigenvalue weighted by molar-refractivity contribution is 0.0708. The molecule has 28 heavy (non-hydrogen) atoms. The van der Waals surface area contributed by atoms with Crippen molar-refractivity contribution < 1.29 is 24.2 Å². The monoisotopic (exact) mass is 383 g/mol. The number of fused-ring (bicyclic) bond motifs is 1. The van der Waals surface area contributed by atoms with E-state index in [1.165, 1.54) is 0 Å². The van der Waals surface area contributed by atoms with Gasteiger partial charge in [0.15, 0.2) is 5.76 Å². The van der Waals surface area contributed by atoms with E-state index in [2.05, 4.69) is 5.10 Å². The van der Waals surface area contributed by atoms with Crippen LogP contribution in [0.1, 0.15) is 34.5 Å². The first-order valence-corrected chi connectivity index (χ1v) is 9.11. The van der Waals surface area contributed by atoms with Gasteiger partial charge in [0.1, 0.15) is 11.9 Å². The molecule has 3 aromatic rings. The Morgan fingerprint density at radius 1 is 1.21 bits per heavy atom. The number of aliphatic hydroxyl groups excluding tert-OH is 2. The summed E-state index contributed by atoms with van der Waals surface area (Å²) < 4.78 is 13.0. The molecule has 1 atom stereocenters. The fraction of sp³-hybridized carbons (Fsp3) is 0.300. The smallest absolute Gasteiger partial charge is 0.290 e. The summed E-state index contributed by atoms with van der Waals surface area (Å²) >= 11 is 0. The predicted molar refractivity (Wildman–Crippen MR) is 98.9 cm³/mol. The number of carbonyl (C=O) groups excluding carboxylic acids is 1. The van der Waals surface area contributed by atoms with Crippen molar-refractivity contribution in [3.63, 3.8) is 0 Å². The summed E-state index contributed by atoms with van der Waals surface area (Å²) in [4.78, 5) is 14.6. The van der Waals surface area contributed by atoms with E-state index in [4.69, 9.17) is 14.3 Å². The quantitative estimate of drug-likeness (QED) is 0.701. The van der Waals surface area contributed by atoms with E-state index in [0.717, 1.165) is 12.1 Å². The first-order chi connectivity index (χ1) is 13.6. The number of aryl methyl sites for hydroxylation is 1. The summed E-state index contributed by atoms with van der Waals surface area (Å²) in [5, 5.41) is 23.2. The van der Waals surface area contributed by atoms with Crippen LogP contribution in [0.25, 0.3) is 0 Å². The average molecular weight is 383 g/mol. The predicted octanol–water partition coefficient (Wildman–Crippen LogP) is 2.34. The number of amides is 1. The van der Waals surface area contributed by atoms with Crippen LogP contribution >= 0.6 is 0 Å². The molecule has 2 aromatic heterocycles. The normalized spacial score (nSPS) is 15.0. The molecule has 8 heteroatoms. The van der Waals surface area contributed by atoms with Gasteiger partial charge < -0.3 is 24.3 Å². The van der Waals surface area contributed by atoms with Crippen molar-refractivity contribution in [2.45, 2.75) is 25.6 Å². The third-order valence-corrected chi connectivity index (χ3v) is 4.59. The summed E-state index contributed by atoms with van der Waals surface area (Å²) in [7, 11) is 0. The highest BCUT2D eigenvalue weighted by molar-refractivity contribution is 5.91. The zero-order valence-electron chi connectivity index (χ0n) is 15.2. The van der Waals surface area contributed by atoms with Gasteiger partial charge in [0, 0.05) is 19.2 Å². The molecule has 4 rings (SSSR count). The Hall–Kier alpha value is -3.10. The number of aliphatic hydroxyl groups is 2. The van der Waals surface area contributed by atoms with Gasteiger partial charge in [0.25, 0.3) is 11.9 Å². The van der Waals surface area contributed by atoms with Crippen molar-refractivity contribution in [3.05, 3.63) is 65.7 Å². The van der Waals surface area contributed by atoms with Crippen molar-refractivity contribution in [1.29, 1.82) is 0 Å². The van der Waals surface area contributed by atoms with Gasteiger partial charge in [-0.3, -0.25) is 9.48 Å². The summed E-state index contributed by atoms with van der Waals surface area (Å²) in [6, 6.07) is 14.1. The van der Waals surface area contributed by atoms with Crippen molar-refractivity contribution in [1.82, 2.24) is 14.7 Å². The van der Waals surface area contributed by atoms with Gasteiger partial charge in [-0.1, -0.05) is 18.2 Å². The summed E-state index contributed by atoms with van der Waals surface area (Å²) in [6.45, 7) is 1.16. The number of hydrogen-bond acceptors (Lipinski definition) is 6. The maximum Gasteiger partial charge on any atom is 0.290 e. The molecule has 8 nitrogen and oxygen atoms in total. The maximum atomic E-state index is 12.9. The highest BCUT2D eigenvalue weighted by Gasteiger charge is 2.25. The van der Waals surface area contributed by atoms with E-state index in [1.54, 1.807) is 39.9 Å². The fourth-order valence-corrected chi connectivity index (χ4v) is 3.16. The highest BCUT2D eigenvalue weighted by Crippen LogP contribution is 2.25. The number of benzene rings is 1. The lowest BCUT2D eigenvalue weighted by atomic mass is 10.2. The Morgan fingerprint density at radius 2 is 2.04 bits per heavy atom. The molecule has 0 fully saturated rings. The standard InChI is InChI=1S/C20H21N3O5/c24-13-17(25)16-11-14-12-22(9-4-10-23(14)21-16)20(26)18-7-8-19(28-18)27-15-5-2-1-3-6-15/h1-3,5-8,11,17,24-25H,4,9-10,12-13H2/t17-/m0/s1. The Bertz CT molecular complexity index is 950. The molecule has 2 N–H and O–H groups in total. The average Bonchev–Trinajstić information content (AvgIpc) is 3.29. The molecule has 1 aliphatic rings. The molecule has 0 saturated heterocycles. The van der Waals surface area contributed by atoms with Gasteiger partial charge in [-0.15, -0.1) is 0 Å². The topological polar surface area (TPSA) is 101 Å². The molecule has 0 bridgehead atoms.